The predicted octanol–water partition coefficient (Wildman–Crippen LogP) is 4.12. The van der Waals surface area contributed by atoms with E-state index in [1.807, 2.05) is 30.3 Å². The van der Waals surface area contributed by atoms with Crippen LogP contribution in [0.2, 0.25) is 0 Å². The zero-order valence-corrected chi connectivity index (χ0v) is 15.1. The summed E-state index contributed by atoms with van der Waals surface area (Å²) in [4.78, 5) is 14.5. The van der Waals surface area contributed by atoms with Gasteiger partial charge in [0.15, 0.2) is 0 Å². The van der Waals surface area contributed by atoms with Crippen molar-refractivity contribution in [3.63, 3.8) is 0 Å². The van der Waals surface area contributed by atoms with Crippen LogP contribution in [-0.4, -0.2) is 17.9 Å². The van der Waals surface area contributed by atoms with Gasteiger partial charge in [0.1, 0.15) is 4.99 Å². The molecule has 0 atom stereocenters. The minimum atomic E-state index is -0.146. The lowest BCUT2D eigenvalue weighted by Crippen LogP contribution is -2.29. The number of hydrogen-bond donors (Lipinski definition) is 1. The summed E-state index contributed by atoms with van der Waals surface area (Å²) in [7, 11) is 1.70. The first-order chi connectivity index (χ1) is 9.91. The standard InChI is InChI=1S/C15H12Br2N2OS/c1-19(13-5-3-2-4-10(13)14(18)21)15(20)11-8-9(16)6-7-12(11)17/h2-8H,1H3,(H2,18,21). The Balaban J connectivity index is 2.45. The molecule has 0 aliphatic heterocycles. The van der Waals surface area contributed by atoms with E-state index in [0.717, 1.165) is 8.95 Å². The van der Waals surface area contributed by atoms with E-state index in [2.05, 4.69) is 31.9 Å². The van der Waals surface area contributed by atoms with Crippen molar-refractivity contribution in [2.24, 2.45) is 5.73 Å². The van der Waals surface area contributed by atoms with Crippen LogP contribution in [0.1, 0.15) is 15.9 Å². The van der Waals surface area contributed by atoms with Gasteiger partial charge in [-0.05, 0) is 46.3 Å². The van der Waals surface area contributed by atoms with E-state index < -0.39 is 0 Å². The number of thiocarbonyl (C=S) groups is 1. The number of amides is 1. The third kappa shape index (κ3) is 3.51. The molecule has 0 heterocycles. The van der Waals surface area contributed by atoms with Gasteiger partial charge in [0, 0.05) is 21.6 Å². The average Bonchev–Trinajstić information content (AvgIpc) is 2.48. The fourth-order valence-corrected chi connectivity index (χ4v) is 2.88. The molecule has 0 saturated heterocycles. The number of para-hydroxylation sites is 1. The van der Waals surface area contributed by atoms with Gasteiger partial charge in [-0.25, -0.2) is 0 Å². The Morgan fingerprint density at radius 1 is 1.14 bits per heavy atom. The molecule has 0 unspecified atom stereocenters. The Morgan fingerprint density at radius 3 is 2.48 bits per heavy atom. The Hall–Kier alpha value is -1.24. The molecule has 2 aromatic rings. The van der Waals surface area contributed by atoms with Crippen LogP contribution in [0.3, 0.4) is 0 Å². The molecule has 2 N–H and O–H groups in total. The molecule has 21 heavy (non-hydrogen) atoms. The van der Waals surface area contributed by atoms with Gasteiger partial charge in [0.25, 0.3) is 5.91 Å². The van der Waals surface area contributed by atoms with Crippen molar-refractivity contribution >= 4 is 60.7 Å². The summed E-state index contributed by atoms with van der Waals surface area (Å²) in [5.41, 5.74) is 7.64. The molecule has 0 aliphatic carbocycles. The maximum atomic E-state index is 12.7. The van der Waals surface area contributed by atoms with E-state index in [1.165, 1.54) is 0 Å². The highest BCUT2D eigenvalue weighted by Gasteiger charge is 2.19. The topological polar surface area (TPSA) is 46.3 Å². The number of benzene rings is 2. The third-order valence-electron chi connectivity index (χ3n) is 2.99. The lowest BCUT2D eigenvalue weighted by molar-refractivity contribution is 0.0992. The van der Waals surface area contributed by atoms with Crippen molar-refractivity contribution in [3.05, 3.63) is 62.5 Å². The lowest BCUT2D eigenvalue weighted by atomic mass is 10.1. The molecule has 108 valence electrons. The summed E-state index contributed by atoms with van der Waals surface area (Å²) < 4.78 is 1.57. The molecule has 2 aromatic carbocycles. The maximum absolute atomic E-state index is 12.7. The highest BCUT2D eigenvalue weighted by molar-refractivity contribution is 9.11. The smallest absolute Gasteiger partial charge is 0.259 e. The van der Waals surface area contributed by atoms with Crippen molar-refractivity contribution in [1.29, 1.82) is 0 Å². The second-order valence-corrected chi connectivity index (χ2v) is 6.58. The number of carbonyl (C=O) groups excluding carboxylic acids is 1. The van der Waals surface area contributed by atoms with Gasteiger partial charge in [0.05, 0.1) is 11.3 Å². The van der Waals surface area contributed by atoms with Gasteiger partial charge in [0.2, 0.25) is 0 Å². The minimum Gasteiger partial charge on any atom is -0.389 e. The van der Waals surface area contributed by atoms with E-state index in [4.69, 9.17) is 18.0 Å². The fourth-order valence-electron chi connectivity index (χ4n) is 1.93. The predicted molar refractivity (Wildman–Crippen MR) is 96.9 cm³/mol. The summed E-state index contributed by atoms with van der Waals surface area (Å²) in [6, 6.07) is 12.8. The van der Waals surface area contributed by atoms with E-state index in [-0.39, 0.29) is 10.9 Å². The number of anilines is 1. The molecule has 0 radical (unpaired) electrons. The van der Waals surface area contributed by atoms with Gasteiger partial charge in [-0.15, -0.1) is 0 Å². The van der Waals surface area contributed by atoms with Gasteiger partial charge in [-0.3, -0.25) is 4.79 Å². The first kappa shape index (κ1) is 16.1. The third-order valence-corrected chi connectivity index (χ3v) is 4.40. The summed E-state index contributed by atoms with van der Waals surface area (Å²) in [5, 5.41) is 0. The van der Waals surface area contributed by atoms with Crippen molar-refractivity contribution in [2.75, 3.05) is 11.9 Å². The molecule has 2 rings (SSSR count). The van der Waals surface area contributed by atoms with E-state index in [9.17, 15) is 4.79 Å². The number of nitrogens with zero attached hydrogens (tertiary/aromatic N) is 1. The summed E-state index contributed by atoms with van der Waals surface area (Å²) in [6.07, 6.45) is 0. The van der Waals surface area contributed by atoms with Crippen LogP contribution in [0.15, 0.2) is 51.4 Å². The summed E-state index contributed by atoms with van der Waals surface area (Å²) in [5.74, 6) is -0.146. The van der Waals surface area contributed by atoms with E-state index in [1.54, 1.807) is 24.1 Å². The molecule has 0 saturated carbocycles. The lowest BCUT2D eigenvalue weighted by Gasteiger charge is -2.21. The van der Waals surface area contributed by atoms with E-state index in [0.29, 0.717) is 16.8 Å². The van der Waals surface area contributed by atoms with Crippen LogP contribution in [0.4, 0.5) is 5.69 Å². The van der Waals surface area contributed by atoms with Crippen LogP contribution in [0, 0.1) is 0 Å². The van der Waals surface area contributed by atoms with Crippen molar-refractivity contribution in [2.45, 2.75) is 0 Å². The number of carbonyl (C=O) groups is 1. The molecule has 0 spiro atoms. The van der Waals surface area contributed by atoms with Gasteiger partial charge >= 0.3 is 0 Å². The van der Waals surface area contributed by atoms with Crippen LogP contribution in [0.5, 0.6) is 0 Å². The highest BCUT2D eigenvalue weighted by atomic mass is 79.9. The first-order valence-electron chi connectivity index (χ1n) is 6.03. The van der Waals surface area contributed by atoms with Gasteiger partial charge in [-0.2, -0.15) is 0 Å². The van der Waals surface area contributed by atoms with E-state index >= 15 is 0 Å². The highest BCUT2D eigenvalue weighted by Crippen LogP contribution is 2.26. The zero-order chi connectivity index (χ0) is 15.6. The molecule has 1 amide bonds. The monoisotopic (exact) mass is 426 g/mol. The second kappa shape index (κ2) is 6.68. The Labute approximate surface area is 145 Å². The quantitative estimate of drug-likeness (QED) is 0.749. The Bertz CT molecular complexity index is 719. The maximum Gasteiger partial charge on any atom is 0.259 e. The molecule has 3 nitrogen and oxygen atoms in total. The van der Waals surface area contributed by atoms with Crippen LogP contribution < -0.4 is 10.6 Å². The van der Waals surface area contributed by atoms with Crippen molar-refractivity contribution in [3.8, 4) is 0 Å². The normalized spacial score (nSPS) is 10.2. The summed E-state index contributed by atoms with van der Waals surface area (Å²) >= 11 is 11.8. The van der Waals surface area contributed by atoms with Crippen LogP contribution in [0.25, 0.3) is 0 Å². The molecule has 6 heteroatoms. The van der Waals surface area contributed by atoms with Crippen molar-refractivity contribution in [1.82, 2.24) is 0 Å². The molecule has 0 fully saturated rings. The zero-order valence-electron chi connectivity index (χ0n) is 11.1. The fraction of sp³-hybridized carbons (Fsp3) is 0.0667. The van der Waals surface area contributed by atoms with Crippen molar-refractivity contribution < 1.29 is 4.79 Å². The SMILES string of the molecule is CN(C(=O)c1cc(Br)ccc1Br)c1ccccc1C(N)=S. The molecular formula is C15H12Br2N2OS. The molecular weight excluding hydrogens is 416 g/mol. The molecule has 0 aromatic heterocycles. The average molecular weight is 428 g/mol. The van der Waals surface area contributed by atoms with Gasteiger partial charge < -0.3 is 10.6 Å². The molecule has 0 bridgehead atoms. The van der Waals surface area contributed by atoms with Crippen LogP contribution in [-0.2, 0) is 0 Å². The summed E-state index contributed by atoms with van der Waals surface area (Å²) in [6.45, 7) is 0. The number of hydrogen-bond acceptors (Lipinski definition) is 2. The Morgan fingerprint density at radius 2 is 1.81 bits per heavy atom. The Kier molecular flexibility index (Phi) is 5.13. The molecule has 0 aliphatic rings. The first-order valence-corrected chi connectivity index (χ1v) is 8.03. The second-order valence-electron chi connectivity index (χ2n) is 4.37. The van der Waals surface area contributed by atoms with Crippen LogP contribution >= 0.6 is 44.1 Å². The van der Waals surface area contributed by atoms with Gasteiger partial charge in [-0.1, -0.05) is 40.3 Å². The number of nitrogens with two attached hydrogens (primary N) is 1. The minimum absolute atomic E-state index is 0.146. The number of rotatable bonds is 3. The largest absolute Gasteiger partial charge is 0.389 e. The number of halogens is 2.